The zero-order valence-electron chi connectivity index (χ0n) is 10.5. The Morgan fingerprint density at radius 2 is 1.94 bits per heavy atom. The number of para-hydroxylation sites is 1. The highest BCUT2D eigenvalue weighted by Crippen LogP contribution is 2.15. The van der Waals surface area contributed by atoms with Crippen molar-refractivity contribution < 1.29 is 4.79 Å². The van der Waals surface area contributed by atoms with Crippen molar-refractivity contribution >= 4 is 27.1 Å². The summed E-state index contributed by atoms with van der Waals surface area (Å²) in [5.41, 5.74) is 1.15. The van der Waals surface area contributed by atoms with Crippen molar-refractivity contribution in [2.45, 2.75) is 32.4 Å². The van der Waals surface area contributed by atoms with Crippen molar-refractivity contribution in [3.05, 3.63) is 30.3 Å². The number of carbonyl (C=O) groups excluding carboxylic acids is 1. The van der Waals surface area contributed by atoms with Crippen molar-refractivity contribution in [1.82, 2.24) is 0 Å². The van der Waals surface area contributed by atoms with Gasteiger partial charge in [0.05, 0.1) is 0 Å². The highest BCUT2D eigenvalue weighted by molar-refractivity contribution is 6.60. The van der Waals surface area contributed by atoms with E-state index in [0.29, 0.717) is 6.42 Å². The molecule has 0 saturated heterocycles. The van der Waals surface area contributed by atoms with Gasteiger partial charge in [0.15, 0.2) is 8.96 Å². The van der Waals surface area contributed by atoms with E-state index in [1.807, 2.05) is 24.4 Å². The first-order valence-corrected chi connectivity index (χ1v) is 8.88. The van der Waals surface area contributed by atoms with Crippen molar-refractivity contribution in [3.8, 4) is 0 Å². The number of aldehydes is 1. The Hall–Kier alpha value is -1.42. The van der Waals surface area contributed by atoms with Crippen LogP contribution in [0.1, 0.15) is 19.3 Å². The summed E-state index contributed by atoms with van der Waals surface area (Å²) in [6, 6.07) is 10.2. The molecule has 92 valence electrons. The van der Waals surface area contributed by atoms with Gasteiger partial charge in [-0.1, -0.05) is 31.3 Å². The minimum absolute atomic E-state index is 0.621. The quantitative estimate of drug-likeness (QED) is 0.244. The summed E-state index contributed by atoms with van der Waals surface area (Å²) in [7, 11) is -1.01. The molecule has 4 heteroatoms. The number of benzene rings is 1. The fraction of sp³-hybridized carbons (Fsp3) is 0.385. The fourth-order valence-corrected chi connectivity index (χ4v) is 2.65. The van der Waals surface area contributed by atoms with Crippen LogP contribution >= 0.6 is 0 Å². The Labute approximate surface area is 105 Å². The van der Waals surface area contributed by atoms with E-state index < -0.39 is 8.96 Å². The Kier molecular flexibility index (Phi) is 6.25. The summed E-state index contributed by atoms with van der Waals surface area (Å²) in [4.78, 5) is 10.2. The first-order chi connectivity index (χ1) is 8.25. The van der Waals surface area contributed by atoms with Gasteiger partial charge in [0.25, 0.3) is 0 Å². The van der Waals surface area contributed by atoms with Gasteiger partial charge in [0.1, 0.15) is 6.29 Å². The van der Waals surface area contributed by atoms with Crippen molar-refractivity contribution in [2.75, 3.05) is 4.67 Å². The first kappa shape index (κ1) is 13.6. The van der Waals surface area contributed by atoms with Crippen LogP contribution in [0.15, 0.2) is 35.4 Å². The van der Waals surface area contributed by atoms with Gasteiger partial charge in [-0.15, -0.1) is 0 Å². The SMILES string of the molecule is C[SiH](C)N(N=CCCCC=O)c1ccccc1. The number of rotatable bonds is 7. The molecule has 3 nitrogen and oxygen atoms in total. The molecular weight excluding hydrogens is 228 g/mol. The summed E-state index contributed by atoms with van der Waals surface area (Å²) >= 11 is 0. The second-order valence-electron chi connectivity index (χ2n) is 4.17. The Bertz CT molecular complexity index is 352. The van der Waals surface area contributed by atoms with E-state index in [9.17, 15) is 4.79 Å². The molecule has 0 aliphatic rings. The predicted molar refractivity (Wildman–Crippen MR) is 76.2 cm³/mol. The van der Waals surface area contributed by atoms with Gasteiger partial charge in [-0.25, -0.2) is 0 Å². The molecule has 0 unspecified atom stereocenters. The fourth-order valence-electron chi connectivity index (χ4n) is 1.52. The summed E-state index contributed by atoms with van der Waals surface area (Å²) in [6.07, 6.45) is 5.25. The molecule has 1 aromatic carbocycles. The summed E-state index contributed by atoms with van der Waals surface area (Å²) < 4.78 is 2.13. The second kappa shape index (κ2) is 7.79. The number of anilines is 1. The number of carbonyl (C=O) groups is 1. The smallest absolute Gasteiger partial charge is 0.164 e. The molecule has 0 radical (unpaired) electrons. The Balaban J connectivity index is 2.58. The molecule has 1 aromatic rings. The molecule has 0 amide bonds. The van der Waals surface area contributed by atoms with Crippen LogP contribution in [0.5, 0.6) is 0 Å². The van der Waals surface area contributed by atoms with Crippen molar-refractivity contribution in [3.63, 3.8) is 0 Å². The van der Waals surface area contributed by atoms with E-state index in [1.165, 1.54) is 0 Å². The Morgan fingerprint density at radius 1 is 1.24 bits per heavy atom. The van der Waals surface area contributed by atoms with Gasteiger partial charge < -0.3 is 4.79 Å². The lowest BCUT2D eigenvalue weighted by Gasteiger charge is -2.22. The third-order valence-corrected chi connectivity index (χ3v) is 3.78. The molecule has 0 saturated carbocycles. The first-order valence-electron chi connectivity index (χ1n) is 6.06. The van der Waals surface area contributed by atoms with Crippen LogP contribution in [0, 0.1) is 0 Å². The normalized spacial score (nSPS) is 11.0. The van der Waals surface area contributed by atoms with Gasteiger partial charge in [0.2, 0.25) is 0 Å². The minimum atomic E-state index is -1.01. The van der Waals surface area contributed by atoms with E-state index in [0.717, 1.165) is 24.8 Å². The number of hydrogen-bond acceptors (Lipinski definition) is 3. The van der Waals surface area contributed by atoms with E-state index >= 15 is 0 Å². The van der Waals surface area contributed by atoms with E-state index in [1.54, 1.807) is 0 Å². The van der Waals surface area contributed by atoms with Crippen molar-refractivity contribution in [1.29, 1.82) is 0 Å². The average molecular weight is 248 g/mol. The Morgan fingerprint density at radius 3 is 2.53 bits per heavy atom. The van der Waals surface area contributed by atoms with E-state index in [-0.39, 0.29) is 0 Å². The van der Waals surface area contributed by atoms with Crippen LogP contribution < -0.4 is 4.67 Å². The largest absolute Gasteiger partial charge is 0.303 e. The molecule has 0 aliphatic heterocycles. The van der Waals surface area contributed by atoms with E-state index in [2.05, 4.69) is 35.0 Å². The zero-order chi connectivity index (χ0) is 12.5. The highest BCUT2D eigenvalue weighted by Gasteiger charge is 2.08. The van der Waals surface area contributed by atoms with Crippen LogP contribution in [-0.2, 0) is 4.79 Å². The lowest BCUT2D eigenvalue weighted by molar-refractivity contribution is -0.107. The third kappa shape index (κ3) is 4.95. The topological polar surface area (TPSA) is 32.7 Å². The maximum Gasteiger partial charge on any atom is 0.164 e. The number of unbranched alkanes of at least 4 members (excludes halogenated alkanes) is 2. The molecule has 0 spiro atoms. The number of nitrogens with zero attached hydrogens (tertiary/aromatic N) is 2. The summed E-state index contributed by atoms with van der Waals surface area (Å²) in [5.74, 6) is 0. The maximum atomic E-state index is 10.2. The van der Waals surface area contributed by atoms with Gasteiger partial charge >= 0.3 is 0 Å². The lowest BCUT2D eigenvalue weighted by Crippen LogP contribution is -2.29. The molecule has 17 heavy (non-hydrogen) atoms. The molecule has 0 fully saturated rings. The monoisotopic (exact) mass is 248 g/mol. The highest BCUT2D eigenvalue weighted by atomic mass is 28.3. The molecule has 0 aliphatic carbocycles. The van der Waals surface area contributed by atoms with Crippen LogP contribution in [0.4, 0.5) is 5.69 Å². The standard InChI is InChI=1S/C13H20N2OSi/c1-17(2)15(13-9-5-3-6-10-13)14-11-7-4-8-12-16/h3,5-6,9-12,17H,4,7-8H2,1-2H3. The van der Waals surface area contributed by atoms with Gasteiger partial charge in [0, 0.05) is 18.3 Å². The third-order valence-electron chi connectivity index (χ3n) is 2.37. The summed E-state index contributed by atoms with van der Waals surface area (Å²) in [5, 5.41) is 4.52. The summed E-state index contributed by atoms with van der Waals surface area (Å²) in [6.45, 7) is 4.49. The number of hydrogen-bond donors (Lipinski definition) is 0. The molecule has 0 bridgehead atoms. The average Bonchev–Trinajstić information content (AvgIpc) is 2.34. The van der Waals surface area contributed by atoms with Gasteiger partial charge in [-0.3, -0.25) is 4.67 Å². The number of hydrazone groups is 1. The molecular formula is C13H20N2OSi. The predicted octanol–water partition coefficient (Wildman–Crippen LogP) is 2.83. The molecule has 0 atom stereocenters. The van der Waals surface area contributed by atoms with Crippen LogP contribution in [0.25, 0.3) is 0 Å². The minimum Gasteiger partial charge on any atom is -0.303 e. The zero-order valence-corrected chi connectivity index (χ0v) is 11.7. The van der Waals surface area contributed by atoms with Crippen LogP contribution in [0.3, 0.4) is 0 Å². The van der Waals surface area contributed by atoms with Gasteiger partial charge in [-0.2, -0.15) is 5.10 Å². The van der Waals surface area contributed by atoms with Crippen LogP contribution in [-0.4, -0.2) is 21.5 Å². The molecule has 0 heterocycles. The molecule has 0 N–H and O–H groups in total. The van der Waals surface area contributed by atoms with Crippen molar-refractivity contribution in [2.24, 2.45) is 5.10 Å². The van der Waals surface area contributed by atoms with Crippen LogP contribution in [0.2, 0.25) is 13.1 Å². The van der Waals surface area contributed by atoms with Gasteiger partial charge in [-0.05, 0) is 25.0 Å². The molecule has 0 aromatic heterocycles. The maximum absolute atomic E-state index is 10.2. The van der Waals surface area contributed by atoms with E-state index in [4.69, 9.17) is 0 Å². The second-order valence-corrected chi connectivity index (χ2v) is 6.85. The molecule has 1 rings (SSSR count). The lowest BCUT2D eigenvalue weighted by atomic mass is 10.3.